The van der Waals surface area contributed by atoms with E-state index in [-0.39, 0.29) is 29.2 Å². The molecule has 0 atom stereocenters. The molecular formula is C20H23N8O4+. The van der Waals surface area contributed by atoms with Gasteiger partial charge in [-0.3, -0.25) is 14.9 Å². The van der Waals surface area contributed by atoms with Crippen LogP contribution in [0.5, 0.6) is 0 Å². The Bertz CT molecular complexity index is 1080. The first kappa shape index (κ1) is 21.2. The first-order valence-corrected chi connectivity index (χ1v) is 10.2. The van der Waals surface area contributed by atoms with Crippen molar-refractivity contribution in [1.29, 1.82) is 0 Å². The third-order valence-corrected chi connectivity index (χ3v) is 5.26. The number of rotatable bonds is 7. The zero-order valence-corrected chi connectivity index (χ0v) is 17.5. The van der Waals surface area contributed by atoms with Gasteiger partial charge >= 0.3 is 18.0 Å². The van der Waals surface area contributed by atoms with Gasteiger partial charge in [0.15, 0.2) is 5.69 Å². The highest BCUT2D eigenvalue weighted by Crippen LogP contribution is 2.35. The molecule has 1 aromatic carbocycles. The minimum absolute atomic E-state index is 0.106. The van der Waals surface area contributed by atoms with Gasteiger partial charge in [0.2, 0.25) is 18.0 Å². The number of hydrogen-bond acceptors (Lipinski definition) is 9. The van der Waals surface area contributed by atoms with Crippen LogP contribution in [0.1, 0.15) is 19.8 Å². The van der Waals surface area contributed by atoms with Gasteiger partial charge in [-0.1, -0.05) is 0 Å². The van der Waals surface area contributed by atoms with Crippen molar-refractivity contribution in [2.45, 2.75) is 19.8 Å². The van der Waals surface area contributed by atoms with Crippen LogP contribution >= 0.6 is 0 Å². The van der Waals surface area contributed by atoms with Crippen molar-refractivity contribution in [3.05, 3.63) is 53.4 Å². The number of aromatic amines is 1. The highest BCUT2D eigenvalue weighted by Gasteiger charge is 2.32. The Morgan fingerprint density at radius 3 is 2.69 bits per heavy atom. The molecule has 12 nitrogen and oxygen atoms in total. The summed E-state index contributed by atoms with van der Waals surface area (Å²) in [4.78, 5) is 37.5. The number of carbonyl (C=O) groups excluding carboxylic acids is 1. The Kier molecular flexibility index (Phi) is 6.19. The maximum absolute atomic E-state index is 12.0. The van der Waals surface area contributed by atoms with Crippen molar-refractivity contribution < 1.29 is 19.1 Å². The zero-order valence-electron chi connectivity index (χ0n) is 17.5. The molecule has 0 spiro atoms. The maximum atomic E-state index is 12.0. The molecule has 1 aliphatic heterocycles. The van der Waals surface area contributed by atoms with E-state index in [0.717, 1.165) is 5.69 Å². The van der Waals surface area contributed by atoms with Crippen LogP contribution in [-0.4, -0.2) is 50.6 Å². The van der Waals surface area contributed by atoms with Crippen molar-refractivity contribution in [3.8, 4) is 5.69 Å². The topological polar surface area (TPSA) is 143 Å². The number of anilines is 3. The Hall–Kier alpha value is -4.09. The normalized spacial score (nSPS) is 14.2. The molecule has 3 heterocycles. The summed E-state index contributed by atoms with van der Waals surface area (Å²) in [5.41, 5.74) is 1.30. The molecule has 1 saturated heterocycles. The number of ether oxygens (including phenoxy) is 1. The predicted molar refractivity (Wildman–Crippen MR) is 114 cm³/mol. The predicted octanol–water partition coefficient (Wildman–Crippen LogP) is 1.91. The molecule has 2 aromatic heterocycles. The van der Waals surface area contributed by atoms with Crippen LogP contribution in [0, 0.1) is 16.0 Å². The van der Waals surface area contributed by atoms with E-state index >= 15 is 0 Å². The van der Waals surface area contributed by atoms with E-state index in [2.05, 4.69) is 25.4 Å². The first-order valence-electron chi connectivity index (χ1n) is 10.2. The summed E-state index contributed by atoms with van der Waals surface area (Å²) in [6, 6.07) is 7.27. The van der Waals surface area contributed by atoms with Gasteiger partial charge in [-0.15, -0.1) is 4.68 Å². The summed E-state index contributed by atoms with van der Waals surface area (Å²) >= 11 is 0. The number of carbonyl (C=O) groups is 1. The largest absolute Gasteiger partial charge is 0.466 e. The molecule has 3 aromatic rings. The molecule has 0 saturated carbocycles. The second-order valence-corrected chi connectivity index (χ2v) is 7.23. The lowest BCUT2D eigenvalue weighted by atomic mass is 9.97. The number of H-pyrrole nitrogens is 1. The molecule has 2 N–H and O–H groups in total. The Morgan fingerprint density at radius 2 is 2.06 bits per heavy atom. The van der Waals surface area contributed by atoms with Crippen LogP contribution in [0.15, 0.2) is 43.2 Å². The fraction of sp³-hybridized carbons (Fsp3) is 0.350. The van der Waals surface area contributed by atoms with E-state index in [1.165, 1.54) is 6.33 Å². The summed E-state index contributed by atoms with van der Waals surface area (Å²) in [7, 11) is 0. The van der Waals surface area contributed by atoms with Gasteiger partial charge in [0.25, 0.3) is 0 Å². The lowest BCUT2D eigenvalue weighted by Gasteiger charge is -2.31. The molecular weight excluding hydrogens is 416 g/mol. The van der Waals surface area contributed by atoms with E-state index < -0.39 is 4.92 Å². The van der Waals surface area contributed by atoms with Crippen molar-refractivity contribution >= 4 is 29.0 Å². The minimum Gasteiger partial charge on any atom is -0.466 e. The summed E-state index contributed by atoms with van der Waals surface area (Å²) < 4.78 is 6.82. The van der Waals surface area contributed by atoms with E-state index in [0.29, 0.717) is 38.2 Å². The zero-order chi connectivity index (χ0) is 22.5. The summed E-state index contributed by atoms with van der Waals surface area (Å²) in [6.07, 6.45) is 5.60. The van der Waals surface area contributed by atoms with Crippen LogP contribution in [0.25, 0.3) is 5.69 Å². The van der Waals surface area contributed by atoms with Gasteiger partial charge < -0.3 is 15.0 Å². The highest BCUT2D eigenvalue weighted by atomic mass is 16.6. The average molecular weight is 439 g/mol. The number of nitrogens with one attached hydrogen (secondary N) is 2. The summed E-state index contributed by atoms with van der Waals surface area (Å²) in [5.74, 6) is -0.0757. The second kappa shape index (κ2) is 9.37. The monoisotopic (exact) mass is 439 g/mol. The number of benzene rings is 1. The standard InChI is InChI=1S/C20H22N8O4/c1-2-32-20(29)14-7-9-26(10-8-14)19-17(28(30)31)18(22-12-23-19)25-15-3-5-16(6-4-15)27-13-21-11-24-27/h3-6,11-14H,2,7-10H2,1H3,(H,22,23,25)/p+1. The van der Waals surface area contributed by atoms with Crippen LogP contribution in [0.3, 0.4) is 0 Å². The van der Waals surface area contributed by atoms with E-state index in [1.807, 2.05) is 17.0 Å². The van der Waals surface area contributed by atoms with Crippen molar-refractivity contribution in [2.75, 3.05) is 29.9 Å². The molecule has 12 heteroatoms. The summed E-state index contributed by atoms with van der Waals surface area (Å²) in [5, 5.41) is 17.9. The Balaban J connectivity index is 1.53. The summed E-state index contributed by atoms with van der Waals surface area (Å²) in [6.45, 7) is 3.05. The molecule has 1 aliphatic rings. The lowest BCUT2D eigenvalue weighted by molar-refractivity contribution is -0.656. The van der Waals surface area contributed by atoms with Gasteiger partial charge in [0.1, 0.15) is 6.33 Å². The molecule has 0 aliphatic carbocycles. The van der Waals surface area contributed by atoms with Crippen molar-refractivity contribution in [3.63, 3.8) is 0 Å². The van der Waals surface area contributed by atoms with E-state index in [1.54, 1.807) is 36.4 Å². The fourth-order valence-corrected chi connectivity index (χ4v) is 3.66. The molecule has 32 heavy (non-hydrogen) atoms. The molecule has 0 radical (unpaired) electrons. The number of piperidine rings is 1. The Labute approximate surface area is 183 Å². The number of nitro groups is 1. The van der Waals surface area contributed by atoms with Gasteiger partial charge in [0.05, 0.1) is 17.4 Å². The van der Waals surface area contributed by atoms with Gasteiger partial charge in [-0.05, 0) is 49.0 Å². The van der Waals surface area contributed by atoms with Crippen LogP contribution in [0.4, 0.5) is 23.0 Å². The van der Waals surface area contributed by atoms with Gasteiger partial charge in [0, 0.05) is 18.8 Å². The van der Waals surface area contributed by atoms with Crippen LogP contribution in [0.2, 0.25) is 0 Å². The fourth-order valence-electron chi connectivity index (χ4n) is 3.66. The average Bonchev–Trinajstić information content (AvgIpc) is 3.34. The Morgan fingerprint density at radius 1 is 1.31 bits per heavy atom. The van der Waals surface area contributed by atoms with Crippen LogP contribution in [-0.2, 0) is 9.53 Å². The first-order chi connectivity index (χ1) is 15.6. The van der Waals surface area contributed by atoms with Gasteiger partial charge in [-0.2, -0.15) is 5.10 Å². The molecule has 0 amide bonds. The lowest BCUT2D eigenvalue weighted by Crippen LogP contribution is -2.37. The highest BCUT2D eigenvalue weighted by molar-refractivity contribution is 5.76. The number of esters is 1. The maximum Gasteiger partial charge on any atom is 0.353 e. The number of nitrogens with zero attached hydrogens (tertiary/aromatic N) is 6. The minimum atomic E-state index is -0.482. The second-order valence-electron chi connectivity index (χ2n) is 7.23. The molecule has 0 unspecified atom stereocenters. The van der Waals surface area contributed by atoms with E-state index in [9.17, 15) is 14.9 Å². The third kappa shape index (κ3) is 4.48. The van der Waals surface area contributed by atoms with Gasteiger partial charge in [-0.25, -0.2) is 9.97 Å². The smallest absolute Gasteiger partial charge is 0.353 e. The molecule has 0 bridgehead atoms. The van der Waals surface area contributed by atoms with Crippen LogP contribution < -0.4 is 14.9 Å². The quantitative estimate of drug-likeness (QED) is 0.244. The van der Waals surface area contributed by atoms with Crippen molar-refractivity contribution in [1.82, 2.24) is 20.1 Å². The van der Waals surface area contributed by atoms with E-state index in [4.69, 9.17) is 4.74 Å². The third-order valence-electron chi connectivity index (χ3n) is 5.26. The number of hydrogen-bond donors (Lipinski definition) is 2. The molecule has 4 rings (SSSR count). The molecule has 166 valence electrons. The number of aromatic nitrogens is 5. The molecule has 1 fully saturated rings. The SMILES string of the molecule is CCOC(=O)C1CCN(c2ncnc(Nc3ccc(-[n+]4cnc[nH]4)cc3)c2[N+](=O)[O-])CC1. The van der Waals surface area contributed by atoms with Crippen molar-refractivity contribution in [2.24, 2.45) is 5.92 Å².